The molecule has 1 aliphatic rings. The van der Waals surface area contributed by atoms with E-state index in [0.29, 0.717) is 0 Å². The third-order valence-corrected chi connectivity index (χ3v) is 4.30. The van der Waals surface area contributed by atoms with Crippen LogP contribution in [0.25, 0.3) is 0 Å². The summed E-state index contributed by atoms with van der Waals surface area (Å²) in [4.78, 5) is 0. The summed E-state index contributed by atoms with van der Waals surface area (Å²) in [5, 5.41) is 4.39. The van der Waals surface area contributed by atoms with Gasteiger partial charge in [0.15, 0.2) is 0 Å². The zero-order valence-electron chi connectivity index (χ0n) is 12.2. The summed E-state index contributed by atoms with van der Waals surface area (Å²) < 4.78 is 8.75. The molecule has 1 aromatic carbocycles. The number of rotatable bonds is 4. The van der Waals surface area contributed by atoms with Crippen LogP contribution in [0.1, 0.15) is 28.6 Å². The lowest BCUT2D eigenvalue weighted by Gasteiger charge is -2.18. The van der Waals surface area contributed by atoms with Crippen LogP contribution in [0.3, 0.4) is 0 Å². The number of halogens is 1. The fraction of sp³-hybridized carbons (Fsp3) is 0.400. The Morgan fingerprint density at radius 3 is 2.95 bits per heavy atom. The molecule has 2 aromatic rings. The topological polar surface area (TPSA) is 65.1 Å². The van der Waals surface area contributed by atoms with Crippen molar-refractivity contribution in [3.05, 3.63) is 45.2 Å². The number of nitrogens with one attached hydrogen (secondary N) is 1. The molecule has 21 heavy (non-hydrogen) atoms. The van der Waals surface area contributed by atoms with Crippen molar-refractivity contribution in [3.8, 4) is 5.75 Å². The average Bonchev–Trinajstić information content (AvgIpc) is 3.02. The third-order valence-electron chi connectivity index (χ3n) is 3.85. The Hall–Kier alpha value is -1.37. The normalized spacial score (nSPS) is 14.9. The van der Waals surface area contributed by atoms with Gasteiger partial charge in [0.05, 0.1) is 24.0 Å². The molecule has 1 unspecified atom stereocenters. The second-order valence-electron chi connectivity index (χ2n) is 5.41. The van der Waals surface area contributed by atoms with Gasteiger partial charge in [-0.2, -0.15) is 5.10 Å². The summed E-state index contributed by atoms with van der Waals surface area (Å²) in [5.74, 6) is 6.78. The summed E-state index contributed by atoms with van der Waals surface area (Å²) in [7, 11) is 1.94. The first-order valence-corrected chi connectivity index (χ1v) is 7.78. The van der Waals surface area contributed by atoms with Gasteiger partial charge >= 0.3 is 0 Å². The fourth-order valence-electron chi connectivity index (χ4n) is 2.92. The number of nitrogens with two attached hydrogens (primary N) is 1. The van der Waals surface area contributed by atoms with Gasteiger partial charge in [0.2, 0.25) is 0 Å². The van der Waals surface area contributed by atoms with E-state index in [1.54, 1.807) is 0 Å². The van der Waals surface area contributed by atoms with Gasteiger partial charge in [-0.1, -0.05) is 15.9 Å². The molecule has 3 N–H and O–H groups in total. The van der Waals surface area contributed by atoms with Crippen molar-refractivity contribution in [2.24, 2.45) is 12.9 Å². The van der Waals surface area contributed by atoms with Crippen LogP contribution < -0.4 is 16.0 Å². The fourth-order valence-corrected chi connectivity index (χ4v) is 3.48. The Bertz CT molecular complexity index is 668. The minimum absolute atomic E-state index is 0.00111. The van der Waals surface area contributed by atoms with Crippen molar-refractivity contribution in [1.82, 2.24) is 15.2 Å². The van der Waals surface area contributed by atoms with Crippen LogP contribution >= 0.6 is 15.9 Å². The lowest BCUT2D eigenvalue weighted by atomic mass is 10.00. The Morgan fingerprint density at radius 1 is 1.48 bits per heavy atom. The maximum Gasteiger partial charge on any atom is 0.125 e. The molecule has 0 fully saturated rings. The number of hydrazine groups is 1. The lowest BCUT2D eigenvalue weighted by Crippen LogP contribution is -2.31. The van der Waals surface area contributed by atoms with E-state index in [1.807, 2.05) is 18.7 Å². The largest absolute Gasteiger partial charge is 0.493 e. The lowest BCUT2D eigenvalue weighted by molar-refractivity contribution is 0.351. The van der Waals surface area contributed by atoms with Gasteiger partial charge in [0.1, 0.15) is 5.75 Å². The minimum Gasteiger partial charge on any atom is -0.493 e. The first kappa shape index (κ1) is 14.6. The second-order valence-corrected chi connectivity index (χ2v) is 6.32. The Kier molecular flexibility index (Phi) is 4.01. The first-order chi connectivity index (χ1) is 10.1. The summed E-state index contributed by atoms with van der Waals surface area (Å²) in [5.41, 5.74) is 7.39. The standard InChI is InChI=1S/C15H19BrN4O/c1-9-5-14(20(2)19-9)13(18-17)8-11-7-12(16)6-10-3-4-21-15(10)11/h5-7,13,18H,3-4,8,17H2,1-2H3. The van der Waals surface area contributed by atoms with Crippen molar-refractivity contribution in [3.63, 3.8) is 0 Å². The second kappa shape index (κ2) is 5.79. The van der Waals surface area contributed by atoms with Gasteiger partial charge in [-0.25, -0.2) is 0 Å². The van der Waals surface area contributed by atoms with Crippen LogP contribution in [-0.4, -0.2) is 16.4 Å². The highest BCUT2D eigenvalue weighted by Crippen LogP contribution is 2.35. The molecule has 6 heteroatoms. The summed E-state index contributed by atoms with van der Waals surface area (Å²) in [6.45, 7) is 2.74. The number of hydrogen-bond donors (Lipinski definition) is 2. The molecule has 0 bridgehead atoms. The van der Waals surface area contributed by atoms with Crippen molar-refractivity contribution in [1.29, 1.82) is 0 Å². The maximum absolute atomic E-state index is 5.79. The van der Waals surface area contributed by atoms with Crippen molar-refractivity contribution < 1.29 is 4.74 Å². The highest BCUT2D eigenvalue weighted by atomic mass is 79.9. The molecule has 1 aliphatic heterocycles. The van der Waals surface area contributed by atoms with Gasteiger partial charge in [0, 0.05) is 17.9 Å². The van der Waals surface area contributed by atoms with Crippen LogP contribution in [0.2, 0.25) is 0 Å². The molecule has 0 saturated heterocycles. The van der Waals surface area contributed by atoms with Crippen molar-refractivity contribution in [2.75, 3.05) is 6.61 Å². The van der Waals surface area contributed by atoms with Crippen LogP contribution in [0.5, 0.6) is 5.75 Å². The van der Waals surface area contributed by atoms with Crippen LogP contribution in [-0.2, 0) is 19.9 Å². The molecule has 0 spiro atoms. The van der Waals surface area contributed by atoms with Crippen LogP contribution in [0.15, 0.2) is 22.7 Å². The van der Waals surface area contributed by atoms with Gasteiger partial charge < -0.3 is 4.74 Å². The summed E-state index contributed by atoms with van der Waals surface area (Å²) in [6, 6.07) is 6.30. The molecule has 5 nitrogen and oxygen atoms in total. The number of fused-ring (bicyclic) bond motifs is 1. The van der Waals surface area contributed by atoms with E-state index in [4.69, 9.17) is 10.6 Å². The molecule has 1 aromatic heterocycles. The van der Waals surface area contributed by atoms with Crippen molar-refractivity contribution in [2.45, 2.75) is 25.8 Å². The van der Waals surface area contributed by atoms with E-state index in [9.17, 15) is 0 Å². The van der Waals surface area contributed by atoms with Crippen molar-refractivity contribution >= 4 is 15.9 Å². The quantitative estimate of drug-likeness (QED) is 0.655. The predicted molar refractivity (Wildman–Crippen MR) is 85.1 cm³/mol. The number of aromatic nitrogens is 2. The maximum atomic E-state index is 5.79. The number of nitrogens with zero attached hydrogens (tertiary/aromatic N) is 2. The van der Waals surface area contributed by atoms with Gasteiger partial charge in [-0.05, 0) is 42.7 Å². The highest BCUT2D eigenvalue weighted by molar-refractivity contribution is 9.10. The molecule has 3 rings (SSSR count). The van der Waals surface area contributed by atoms with Gasteiger partial charge in [-0.15, -0.1) is 0 Å². The van der Waals surface area contributed by atoms with Crippen LogP contribution in [0, 0.1) is 6.92 Å². The van der Waals surface area contributed by atoms with E-state index in [0.717, 1.165) is 41.1 Å². The molecule has 2 heterocycles. The monoisotopic (exact) mass is 350 g/mol. The smallest absolute Gasteiger partial charge is 0.125 e. The van der Waals surface area contributed by atoms with Gasteiger partial charge in [0.25, 0.3) is 0 Å². The summed E-state index contributed by atoms with van der Waals surface area (Å²) >= 11 is 3.58. The Labute approximate surface area is 132 Å². The molecular weight excluding hydrogens is 332 g/mol. The van der Waals surface area contributed by atoms with Crippen LogP contribution in [0.4, 0.5) is 0 Å². The average molecular weight is 351 g/mol. The third kappa shape index (κ3) is 2.84. The van der Waals surface area contributed by atoms with E-state index in [2.05, 4.69) is 44.7 Å². The zero-order valence-corrected chi connectivity index (χ0v) is 13.8. The first-order valence-electron chi connectivity index (χ1n) is 6.99. The molecular formula is C15H19BrN4O. The van der Waals surface area contributed by atoms with Gasteiger partial charge in [-0.3, -0.25) is 16.0 Å². The van der Waals surface area contributed by atoms with E-state index in [1.165, 1.54) is 11.1 Å². The molecule has 0 radical (unpaired) electrons. The number of hydrogen-bond acceptors (Lipinski definition) is 4. The Morgan fingerprint density at radius 2 is 2.29 bits per heavy atom. The number of benzene rings is 1. The molecule has 0 amide bonds. The number of ether oxygens (including phenoxy) is 1. The minimum atomic E-state index is -0.00111. The molecule has 0 aliphatic carbocycles. The number of aryl methyl sites for hydroxylation is 2. The molecule has 112 valence electrons. The highest BCUT2D eigenvalue weighted by Gasteiger charge is 2.22. The predicted octanol–water partition coefficient (Wildman–Crippen LogP) is 2.17. The SMILES string of the molecule is Cc1cc(C(Cc2cc(Br)cc3c2OCC3)NN)n(C)n1. The van der Waals surface area contributed by atoms with E-state index < -0.39 is 0 Å². The Balaban J connectivity index is 1.93. The van der Waals surface area contributed by atoms with E-state index >= 15 is 0 Å². The molecule has 0 saturated carbocycles. The van der Waals surface area contributed by atoms with E-state index in [-0.39, 0.29) is 6.04 Å². The zero-order chi connectivity index (χ0) is 15.0. The summed E-state index contributed by atoms with van der Waals surface area (Å²) in [6.07, 6.45) is 1.73. The molecule has 1 atom stereocenters.